The molecule has 2 N–H and O–H groups in total. The minimum atomic E-state index is -1.03. The Morgan fingerprint density at radius 2 is 2.20 bits per heavy atom. The summed E-state index contributed by atoms with van der Waals surface area (Å²) in [7, 11) is 0. The Morgan fingerprint density at radius 3 is 2.75 bits per heavy atom. The Hall–Kier alpha value is -1.22. The number of aliphatic hydroxyl groups is 1. The molecule has 8 nitrogen and oxygen atoms in total. The molecule has 0 saturated carbocycles. The second-order valence-corrected chi connectivity index (χ2v) is 5.61. The Labute approximate surface area is 121 Å². The van der Waals surface area contributed by atoms with E-state index in [9.17, 15) is 15.2 Å². The molecular weight excluding hydrogens is 286 g/mol. The molecule has 1 saturated heterocycles. The lowest BCUT2D eigenvalue weighted by Crippen LogP contribution is -2.50. The first-order valence-corrected chi connectivity index (χ1v) is 6.78. The number of hydrogen-bond donors (Lipinski definition) is 2. The van der Waals surface area contributed by atoms with Crippen molar-refractivity contribution in [1.29, 1.82) is 0 Å². The van der Waals surface area contributed by atoms with Crippen LogP contribution in [-0.2, 0) is 6.54 Å². The van der Waals surface area contributed by atoms with E-state index in [1.807, 2.05) is 0 Å². The molecule has 0 aliphatic carbocycles. The minimum Gasteiger partial charge on any atom is -0.387 e. The molecule has 0 aromatic carbocycles. The minimum absolute atomic E-state index is 0.0114. The van der Waals surface area contributed by atoms with Gasteiger partial charge in [-0.25, -0.2) is 0 Å². The van der Waals surface area contributed by atoms with Crippen LogP contribution in [0, 0.1) is 10.1 Å². The molecule has 0 unspecified atom stereocenters. The third-order valence-electron chi connectivity index (χ3n) is 3.19. The van der Waals surface area contributed by atoms with Gasteiger partial charge in [0, 0.05) is 32.7 Å². The fourth-order valence-corrected chi connectivity index (χ4v) is 2.54. The molecule has 0 radical (unpaired) electrons. The van der Waals surface area contributed by atoms with Crippen LogP contribution in [0.4, 0.5) is 5.82 Å². The molecule has 1 aromatic rings. The maximum absolute atomic E-state index is 10.6. The van der Waals surface area contributed by atoms with Crippen molar-refractivity contribution >= 4 is 17.4 Å². The maximum Gasteiger partial charge on any atom is 0.383 e. The summed E-state index contributed by atoms with van der Waals surface area (Å²) in [4.78, 5) is 15.8. The summed E-state index contributed by atoms with van der Waals surface area (Å²) in [6, 6.07) is 0. The predicted molar refractivity (Wildman–Crippen MR) is 73.8 cm³/mol. The summed E-state index contributed by atoms with van der Waals surface area (Å²) < 4.78 is 1.40. The standard InChI is InChI=1S/C11H18ClN5O3/c1-11(18,7-15-4-2-13-3-5-15)8-16-6-9(17(19)20)14-10(16)12/h6,13,18H,2-5,7-8H2,1H3/t11-/m0/s1. The highest BCUT2D eigenvalue weighted by Crippen LogP contribution is 2.19. The van der Waals surface area contributed by atoms with Crippen LogP contribution in [0.2, 0.25) is 5.28 Å². The maximum atomic E-state index is 10.6. The smallest absolute Gasteiger partial charge is 0.383 e. The number of rotatable bonds is 5. The van der Waals surface area contributed by atoms with Crippen molar-refractivity contribution in [2.24, 2.45) is 0 Å². The molecule has 0 bridgehead atoms. The fraction of sp³-hybridized carbons (Fsp3) is 0.727. The fourth-order valence-electron chi connectivity index (χ4n) is 2.35. The van der Waals surface area contributed by atoms with Crippen LogP contribution in [0.3, 0.4) is 0 Å². The number of hydrogen-bond acceptors (Lipinski definition) is 6. The first-order chi connectivity index (χ1) is 9.37. The number of nitrogens with zero attached hydrogens (tertiary/aromatic N) is 4. The van der Waals surface area contributed by atoms with E-state index >= 15 is 0 Å². The highest BCUT2D eigenvalue weighted by atomic mass is 35.5. The molecule has 2 rings (SSSR count). The van der Waals surface area contributed by atoms with Crippen LogP contribution in [0.15, 0.2) is 6.20 Å². The van der Waals surface area contributed by atoms with Crippen LogP contribution in [0.1, 0.15) is 6.92 Å². The number of aromatic nitrogens is 2. The number of nitrogens with one attached hydrogen (secondary N) is 1. The molecule has 20 heavy (non-hydrogen) atoms. The average Bonchev–Trinajstić information content (AvgIpc) is 2.71. The lowest BCUT2D eigenvalue weighted by molar-refractivity contribution is -0.389. The lowest BCUT2D eigenvalue weighted by Gasteiger charge is -2.34. The normalized spacial score (nSPS) is 19.8. The number of imidazole rings is 1. The van der Waals surface area contributed by atoms with Crippen molar-refractivity contribution in [3.8, 4) is 0 Å². The third-order valence-corrected chi connectivity index (χ3v) is 3.49. The van der Waals surface area contributed by atoms with Crippen molar-refractivity contribution in [1.82, 2.24) is 19.8 Å². The van der Waals surface area contributed by atoms with Crippen LogP contribution in [-0.4, -0.2) is 62.8 Å². The molecule has 1 atom stereocenters. The van der Waals surface area contributed by atoms with Gasteiger partial charge in [-0.2, -0.15) is 0 Å². The van der Waals surface area contributed by atoms with Crippen LogP contribution in [0.5, 0.6) is 0 Å². The van der Waals surface area contributed by atoms with E-state index in [4.69, 9.17) is 11.6 Å². The molecule has 112 valence electrons. The Kier molecular flexibility index (Phi) is 4.59. The van der Waals surface area contributed by atoms with Gasteiger partial charge in [0.1, 0.15) is 6.20 Å². The first kappa shape index (κ1) is 15.2. The average molecular weight is 304 g/mol. The van der Waals surface area contributed by atoms with E-state index in [0.29, 0.717) is 6.54 Å². The SMILES string of the molecule is C[C@](O)(CN1CCNCC1)Cn1cc([N+](=O)[O-])nc1Cl. The zero-order chi connectivity index (χ0) is 14.8. The molecule has 9 heteroatoms. The van der Waals surface area contributed by atoms with Gasteiger partial charge in [-0.3, -0.25) is 9.47 Å². The van der Waals surface area contributed by atoms with Crippen molar-refractivity contribution in [3.63, 3.8) is 0 Å². The highest BCUT2D eigenvalue weighted by molar-refractivity contribution is 6.28. The van der Waals surface area contributed by atoms with Gasteiger partial charge >= 0.3 is 11.1 Å². The molecule has 1 fully saturated rings. The zero-order valence-corrected chi connectivity index (χ0v) is 12.0. The summed E-state index contributed by atoms with van der Waals surface area (Å²) in [6.07, 6.45) is 1.24. The van der Waals surface area contributed by atoms with E-state index in [0.717, 1.165) is 26.2 Å². The van der Waals surface area contributed by atoms with Crippen molar-refractivity contribution in [3.05, 3.63) is 21.6 Å². The van der Waals surface area contributed by atoms with Crippen molar-refractivity contribution in [2.45, 2.75) is 19.1 Å². The van der Waals surface area contributed by atoms with Gasteiger partial charge in [-0.15, -0.1) is 0 Å². The molecular formula is C11H18ClN5O3. The van der Waals surface area contributed by atoms with Gasteiger partial charge in [-0.05, 0) is 28.4 Å². The Morgan fingerprint density at radius 1 is 1.55 bits per heavy atom. The molecule has 2 heterocycles. The zero-order valence-electron chi connectivity index (χ0n) is 11.3. The first-order valence-electron chi connectivity index (χ1n) is 6.40. The highest BCUT2D eigenvalue weighted by Gasteiger charge is 2.28. The summed E-state index contributed by atoms with van der Waals surface area (Å²) in [6.45, 7) is 5.87. The van der Waals surface area contributed by atoms with Crippen LogP contribution < -0.4 is 5.32 Å². The van der Waals surface area contributed by atoms with Crippen molar-refractivity contribution < 1.29 is 10.0 Å². The number of β-amino-alcohol motifs (C(OH)–C–C–N with tert-alkyl or cyclic N) is 1. The topological polar surface area (TPSA) is 96.5 Å². The number of halogens is 1. The summed E-state index contributed by atoms with van der Waals surface area (Å²) in [5.41, 5.74) is -1.03. The lowest BCUT2D eigenvalue weighted by atomic mass is 10.1. The van der Waals surface area contributed by atoms with Gasteiger partial charge in [0.25, 0.3) is 0 Å². The van der Waals surface area contributed by atoms with E-state index in [1.165, 1.54) is 10.8 Å². The Bertz CT molecular complexity index is 484. The van der Waals surface area contributed by atoms with E-state index in [1.54, 1.807) is 6.92 Å². The third kappa shape index (κ3) is 3.89. The second-order valence-electron chi connectivity index (χ2n) is 5.28. The van der Waals surface area contributed by atoms with Crippen LogP contribution in [0.25, 0.3) is 0 Å². The van der Waals surface area contributed by atoms with Gasteiger partial charge in [0.15, 0.2) is 0 Å². The molecule has 0 amide bonds. The predicted octanol–water partition coefficient (Wildman–Crippen LogP) is 0.101. The van der Waals surface area contributed by atoms with E-state index in [2.05, 4.69) is 15.2 Å². The van der Waals surface area contributed by atoms with Gasteiger partial charge in [0.2, 0.25) is 0 Å². The molecule has 1 aliphatic heterocycles. The Balaban J connectivity index is 2.01. The monoisotopic (exact) mass is 303 g/mol. The summed E-state index contributed by atoms with van der Waals surface area (Å²) in [5, 5.41) is 24.3. The summed E-state index contributed by atoms with van der Waals surface area (Å²) >= 11 is 5.85. The van der Waals surface area contributed by atoms with Crippen molar-refractivity contribution in [2.75, 3.05) is 32.7 Å². The number of piperazine rings is 1. The van der Waals surface area contributed by atoms with E-state index < -0.39 is 10.5 Å². The molecule has 1 aliphatic rings. The molecule has 1 aromatic heterocycles. The van der Waals surface area contributed by atoms with Crippen LogP contribution >= 0.6 is 11.6 Å². The number of nitro groups is 1. The quantitative estimate of drug-likeness (QED) is 0.591. The summed E-state index contributed by atoms with van der Waals surface area (Å²) in [5.74, 6) is -0.312. The van der Waals surface area contributed by atoms with E-state index in [-0.39, 0.29) is 17.6 Å². The van der Waals surface area contributed by atoms with Gasteiger partial charge < -0.3 is 20.5 Å². The second kappa shape index (κ2) is 6.04. The molecule has 0 spiro atoms. The van der Waals surface area contributed by atoms with Gasteiger partial charge in [-0.1, -0.05) is 0 Å². The van der Waals surface area contributed by atoms with Gasteiger partial charge in [0.05, 0.1) is 12.1 Å². The largest absolute Gasteiger partial charge is 0.387 e.